The maximum absolute atomic E-state index is 11.9. The second-order valence-electron chi connectivity index (χ2n) is 3.79. The average molecular weight is 215 g/mol. The molecule has 0 spiro atoms. The van der Waals surface area contributed by atoms with Gasteiger partial charge in [-0.25, -0.2) is 0 Å². The van der Waals surface area contributed by atoms with E-state index in [1.807, 2.05) is 31.2 Å². The first-order chi connectivity index (χ1) is 7.66. The molecule has 0 unspecified atom stereocenters. The van der Waals surface area contributed by atoms with Gasteiger partial charge in [-0.3, -0.25) is 9.89 Å². The van der Waals surface area contributed by atoms with Crippen molar-refractivity contribution in [3.05, 3.63) is 47.2 Å². The summed E-state index contributed by atoms with van der Waals surface area (Å²) in [6.07, 6.45) is 1.82. The van der Waals surface area contributed by atoms with Crippen molar-refractivity contribution in [2.75, 3.05) is 5.73 Å². The first kappa shape index (κ1) is 10.4. The second kappa shape index (κ2) is 4.18. The molecule has 1 heterocycles. The molecule has 0 saturated heterocycles. The fourth-order valence-corrected chi connectivity index (χ4v) is 1.62. The molecule has 0 radical (unpaired) electrons. The molecule has 3 N–H and O–H groups in total. The van der Waals surface area contributed by atoms with Crippen molar-refractivity contribution in [3.8, 4) is 0 Å². The largest absolute Gasteiger partial charge is 0.383 e. The van der Waals surface area contributed by atoms with Crippen LogP contribution < -0.4 is 5.73 Å². The number of carbonyl (C=O) groups excluding carboxylic acids is 1. The van der Waals surface area contributed by atoms with Gasteiger partial charge >= 0.3 is 0 Å². The highest BCUT2D eigenvalue weighted by atomic mass is 16.1. The normalized spacial score (nSPS) is 10.3. The average Bonchev–Trinajstić information content (AvgIpc) is 2.64. The van der Waals surface area contributed by atoms with Crippen LogP contribution in [0, 0.1) is 6.92 Å². The first-order valence-corrected chi connectivity index (χ1v) is 5.04. The van der Waals surface area contributed by atoms with Crippen molar-refractivity contribution in [2.24, 2.45) is 0 Å². The van der Waals surface area contributed by atoms with Gasteiger partial charge in [-0.1, -0.05) is 29.8 Å². The third-order valence-electron chi connectivity index (χ3n) is 2.42. The van der Waals surface area contributed by atoms with Crippen LogP contribution in [0.5, 0.6) is 0 Å². The van der Waals surface area contributed by atoms with Crippen molar-refractivity contribution in [1.82, 2.24) is 10.2 Å². The van der Waals surface area contributed by atoms with E-state index in [0.717, 1.165) is 11.1 Å². The van der Waals surface area contributed by atoms with E-state index in [1.54, 1.807) is 0 Å². The molecule has 2 rings (SSSR count). The molecule has 0 aliphatic heterocycles. The molecule has 2 aromatic rings. The molecular weight excluding hydrogens is 202 g/mol. The fraction of sp³-hybridized carbons (Fsp3) is 0.167. The quantitative estimate of drug-likeness (QED) is 0.766. The van der Waals surface area contributed by atoms with Crippen LogP contribution in [0.25, 0.3) is 0 Å². The Morgan fingerprint density at radius 1 is 1.50 bits per heavy atom. The van der Waals surface area contributed by atoms with Gasteiger partial charge in [-0.05, 0) is 12.5 Å². The van der Waals surface area contributed by atoms with Crippen LogP contribution in [0.4, 0.5) is 5.82 Å². The number of nitrogens with one attached hydrogen (secondary N) is 1. The van der Waals surface area contributed by atoms with Crippen LogP contribution in [0.2, 0.25) is 0 Å². The molecule has 0 atom stereocenters. The van der Waals surface area contributed by atoms with Crippen LogP contribution in [-0.2, 0) is 6.42 Å². The highest BCUT2D eigenvalue weighted by Gasteiger charge is 2.12. The molecule has 82 valence electrons. The van der Waals surface area contributed by atoms with Gasteiger partial charge in [0.25, 0.3) is 0 Å². The number of aromatic amines is 1. The number of Topliss-reactive ketones (excluding diaryl/α,β-unsaturated/α-hetero) is 1. The van der Waals surface area contributed by atoms with E-state index in [2.05, 4.69) is 10.2 Å². The Bertz CT molecular complexity index is 516. The van der Waals surface area contributed by atoms with E-state index in [9.17, 15) is 4.79 Å². The monoisotopic (exact) mass is 215 g/mol. The van der Waals surface area contributed by atoms with Crippen LogP contribution in [0.3, 0.4) is 0 Å². The molecule has 0 bridgehead atoms. The molecule has 0 fully saturated rings. The lowest BCUT2D eigenvalue weighted by atomic mass is 10.0. The Kier molecular flexibility index (Phi) is 2.72. The third kappa shape index (κ3) is 2.11. The molecule has 4 nitrogen and oxygen atoms in total. The van der Waals surface area contributed by atoms with Gasteiger partial charge in [0.2, 0.25) is 0 Å². The molecule has 0 saturated carbocycles. The van der Waals surface area contributed by atoms with E-state index in [1.165, 1.54) is 6.20 Å². The number of aryl methyl sites for hydroxylation is 1. The predicted octanol–water partition coefficient (Wildman–Crippen LogP) is 1.73. The SMILES string of the molecule is Cc1cccc(CC(=O)c2cn[nH]c2N)c1. The summed E-state index contributed by atoms with van der Waals surface area (Å²) < 4.78 is 0. The van der Waals surface area contributed by atoms with Crippen molar-refractivity contribution in [3.63, 3.8) is 0 Å². The number of nitrogen functional groups attached to an aromatic ring is 1. The van der Waals surface area contributed by atoms with E-state index in [0.29, 0.717) is 17.8 Å². The zero-order chi connectivity index (χ0) is 11.5. The van der Waals surface area contributed by atoms with E-state index >= 15 is 0 Å². The van der Waals surface area contributed by atoms with Crippen molar-refractivity contribution in [2.45, 2.75) is 13.3 Å². The number of H-pyrrole nitrogens is 1. The number of carbonyl (C=O) groups is 1. The van der Waals surface area contributed by atoms with Crippen molar-refractivity contribution >= 4 is 11.6 Å². The Balaban J connectivity index is 2.17. The molecule has 1 aromatic heterocycles. The zero-order valence-corrected chi connectivity index (χ0v) is 9.03. The Morgan fingerprint density at radius 3 is 2.94 bits per heavy atom. The van der Waals surface area contributed by atoms with E-state index in [4.69, 9.17) is 5.73 Å². The minimum atomic E-state index is -0.0168. The van der Waals surface area contributed by atoms with Crippen LogP contribution >= 0.6 is 0 Å². The van der Waals surface area contributed by atoms with Gasteiger partial charge in [0.05, 0.1) is 11.8 Å². The van der Waals surface area contributed by atoms with Gasteiger partial charge in [0, 0.05) is 6.42 Å². The van der Waals surface area contributed by atoms with E-state index in [-0.39, 0.29) is 5.78 Å². The number of hydrogen-bond acceptors (Lipinski definition) is 3. The Hall–Kier alpha value is -2.10. The second-order valence-corrected chi connectivity index (χ2v) is 3.79. The van der Waals surface area contributed by atoms with E-state index < -0.39 is 0 Å². The minimum Gasteiger partial charge on any atom is -0.383 e. The summed E-state index contributed by atoms with van der Waals surface area (Å²) in [5.41, 5.74) is 8.18. The topological polar surface area (TPSA) is 71.8 Å². The number of nitrogens with zero attached hydrogens (tertiary/aromatic N) is 1. The van der Waals surface area contributed by atoms with Gasteiger partial charge in [0.15, 0.2) is 5.78 Å². The van der Waals surface area contributed by atoms with Crippen molar-refractivity contribution in [1.29, 1.82) is 0 Å². The summed E-state index contributed by atoms with van der Waals surface area (Å²) in [6.45, 7) is 2.00. The van der Waals surface area contributed by atoms with Gasteiger partial charge < -0.3 is 5.73 Å². The number of nitrogens with two attached hydrogens (primary N) is 1. The number of rotatable bonds is 3. The molecule has 0 aliphatic rings. The number of ketones is 1. The summed E-state index contributed by atoms with van der Waals surface area (Å²) in [7, 11) is 0. The highest BCUT2D eigenvalue weighted by molar-refractivity contribution is 6.00. The lowest BCUT2D eigenvalue weighted by molar-refractivity contribution is 0.0994. The van der Waals surface area contributed by atoms with Crippen LogP contribution in [0.15, 0.2) is 30.5 Å². The van der Waals surface area contributed by atoms with Gasteiger partial charge in [-0.15, -0.1) is 0 Å². The maximum atomic E-state index is 11.9. The fourth-order valence-electron chi connectivity index (χ4n) is 1.62. The van der Waals surface area contributed by atoms with Crippen molar-refractivity contribution < 1.29 is 4.79 Å². The summed E-state index contributed by atoms with van der Waals surface area (Å²) in [4.78, 5) is 11.9. The number of hydrogen-bond donors (Lipinski definition) is 2. The lowest BCUT2D eigenvalue weighted by Crippen LogP contribution is -2.05. The third-order valence-corrected chi connectivity index (χ3v) is 2.42. The van der Waals surface area contributed by atoms with Gasteiger partial charge in [0.1, 0.15) is 5.82 Å². The summed E-state index contributed by atoms with van der Waals surface area (Å²) in [5, 5.41) is 6.28. The van der Waals surface area contributed by atoms with Crippen LogP contribution in [-0.4, -0.2) is 16.0 Å². The number of aromatic nitrogens is 2. The lowest BCUT2D eigenvalue weighted by Gasteiger charge is -2.01. The minimum absolute atomic E-state index is 0.0168. The zero-order valence-electron chi connectivity index (χ0n) is 9.03. The van der Waals surface area contributed by atoms with Crippen LogP contribution in [0.1, 0.15) is 21.5 Å². The number of benzene rings is 1. The predicted molar refractivity (Wildman–Crippen MR) is 62.2 cm³/mol. The summed E-state index contributed by atoms with van der Waals surface area (Å²) in [5.74, 6) is 0.314. The number of anilines is 1. The molecule has 16 heavy (non-hydrogen) atoms. The molecular formula is C12H13N3O. The van der Waals surface area contributed by atoms with Gasteiger partial charge in [-0.2, -0.15) is 5.10 Å². The molecule has 4 heteroatoms. The molecule has 0 amide bonds. The standard InChI is InChI=1S/C12H13N3O/c1-8-3-2-4-9(5-8)6-11(16)10-7-14-15-12(10)13/h2-5,7H,6H2,1H3,(H3,13,14,15). The smallest absolute Gasteiger partial charge is 0.172 e. The first-order valence-electron chi connectivity index (χ1n) is 5.04. The Labute approximate surface area is 93.5 Å². The highest BCUT2D eigenvalue weighted by Crippen LogP contribution is 2.12. The summed E-state index contributed by atoms with van der Waals surface area (Å²) in [6, 6.07) is 7.87. The molecule has 1 aromatic carbocycles. The summed E-state index contributed by atoms with van der Waals surface area (Å²) >= 11 is 0. The molecule has 0 aliphatic carbocycles. The maximum Gasteiger partial charge on any atom is 0.172 e. The Morgan fingerprint density at radius 2 is 2.31 bits per heavy atom.